The number of pyridine rings is 1. The van der Waals surface area contributed by atoms with E-state index < -0.39 is 0 Å². The lowest BCUT2D eigenvalue weighted by atomic mass is 10.1. The fourth-order valence-electron chi connectivity index (χ4n) is 1.90. The van der Waals surface area contributed by atoms with Crippen LogP contribution in [0.2, 0.25) is 0 Å². The minimum absolute atomic E-state index is 0.499. The van der Waals surface area contributed by atoms with Gasteiger partial charge >= 0.3 is 0 Å². The summed E-state index contributed by atoms with van der Waals surface area (Å²) in [5, 5.41) is 0. The van der Waals surface area contributed by atoms with Crippen LogP contribution in [0.15, 0.2) is 42.7 Å². The summed E-state index contributed by atoms with van der Waals surface area (Å²) in [5.74, 6) is 1.52. The second kappa shape index (κ2) is 7.50. The Labute approximate surface area is 119 Å². The van der Waals surface area contributed by atoms with E-state index >= 15 is 0 Å². The van der Waals surface area contributed by atoms with Gasteiger partial charge in [-0.3, -0.25) is 4.98 Å². The third-order valence-corrected chi connectivity index (χ3v) is 2.88. The van der Waals surface area contributed by atoms with Crippen molar-refractivity contribution in [2.45, 2.75) is 20.0 Å². The summed E-state index contributed by atoms with van der Waals surface area (Å²) in [6.07, 6.45) is 4.35. The summed E-state index contributed by atoms with van der Waals surface area (Å²) in [6, 6.07) is 9.83. The Kier molecular flexibility index (Phi) is 5.38. The molecule has 20 heavy (non-hydrogen) atoms. The molecule has 0 fully saturated rings. The number of hydrogen-bond acceptors (Lipinski definition) is 4. The topological polar surface area (TPSA) is 57.4 Å². The molecule has 0 saturated carbocycles. The minimum atomic E-state index is 0.499. The number of aromatic nitrogens is 1. The smallest absolute Gasteiger partial charge is 0.161 e. The highest BCUT2D eigenvalue weighted by atomic mass is 16.5. The molecule has 0 bridgehead atoms. The maximum Gasteiger partial charge on any atom is 0.161 e. The molecule has 0 aliphatic rings. The summed E-state index contributed by atoms with van der Waals surface area (Å²) < 4.78 is 11.5. The van der Waals surface area contributed by atoms with Gasteiger partial charge in [-0.2, -0.15) is 0 Å². The number of nitrogens with two attached hydrogens (primary N) is 1. The van der Waals surface area contributed by atoms with Gasteiger partial charge < -0.3 is 15.2 Å². The molecule has 4 heteroatoms. The van der Waals surface area contributed by atoms with Crippen molar-refractivity contribution >= 4 is 0 Å². The van der Waals surface area contributed by atoms with Crippen LogP contribution >= 0.6 is 0 Å². The maximum absolute atomic E-state index is 5.82. The lowest BCUT2D eigenvalue weighted by Crippen LogP contribution is -2.04. The van der Waals surface area contributed by atoms with E-state index in [0.29, 0.717) is 19.8 Å². The molecule has 0 amide bonds. The fourth-order valence-corrected chi connectivity index (χ4v) is 1.90. The zero-order valence-electron chi connectivity index (χ0n) is 11.7. The first-order valence-electron chi connectivity index (χ1n) is 6.81. The van der Waals surface area contributed by atoms with Crippen LogP contribution in [0.25, 0.3) is 0 Å². The molecule has 1 heterocycles. The fraction of sp³-hybridized carbons (Fsp3) is 0.312. The van der Waals surface area contributed by atoms with Crippen LogP contribution in [-0.4, -0.2) is 18.1 Å². The molecule has 0 atom stereocenters. The van der Waals surface area contributed by atoms with E-state index in [2.05, 4.69) is 4.98 Å². The lowest BCUT2D eigenvalue weighted by molar-refractivity contribution is 0.269. The predicted molar refractivity (Wildman–Crippen MR) is 78.9 cm³/mol. The Morgan fingerprint density at radius 3 is 2.50 bits per heavy atom. The first-order chi connectivity index (χ1) is 9.83. The summed E-state index contributed by atoms with van der Waals surface area (Å²) in [6.45, 7) is 3.70. The lowest BCUT2D eigenvalue weighted by Gasteiger charge is -2.13. The van der Waals surface area contributed by atoms with Crippen LogP contribution in [0.3, 0.4) is 0 Å². The van der Waals surface area contributed by atoms with E-state index in [0.717, 1.165) is 29.0 Å². The first kappa shape index (κ1) is 14.3. The summed E-state index contributed by atoms with van der Waals surface area (Å²) in [7, 11) is 0. The van der Waals surface area contributed by atoms with E-state index in [9.17, 15) is 0 Å². The number of ether oxygens (including phenoxy) is 2. The Bertz CT molecular complexity index is 529. The van der Waals surface area contributed by atoms with Crippen LogP contribution in [0.5, 0.6) is 11.5 Å². The van der Waals surface area contributed by atoms with Crippen molar-refractivity contribution < 1.29 is 9.47 Å². The van der Waals surface area contributed by atoms with Crippen LogP contribution in [0.1, 0.15) is 18.1 Å². The molecule has 1 aromatic carbocycles. The molecular formula is C16H20N2O2. The minimum Gasteiger partial charge on any atom is -0.490 e. The Morgan fingerprint density at radius 2 is 1.80 bits per heavy atom. The Morgan fingerprint density at radius 1 is 1.00 bits per heavy atom. The number of rotatable bonds is 7. The van der Waals surface area contributed by atoms with Crippen molar-refractivity contribution in [2.75, 3.05) is 13.2 Å². The molecule has 0 unspecified atom stereocenters. The largest absolute Gasteiger partial charge is 0.490 e. The third kappa shape index (κ3) is 3.96. The molecule has 0 aliphatic heterocycles. The van der Waals surface area contributed by atoms with Gasteiger partial charge in [0.15, 0.2) is 11.5 Å². The standard InChI is InChI=1S/C16H20N2O2/c1-2-19-16-11-13(5-8-17)3-4-15(16)20-12-14-6-9-18-10-7-14/h3-4,6-7,9-11H,2,5,8,12,17H2,1H3. The molecule has 106 valence electrons. The molecule has 1 aromatic heterocycles. The predicted octanol–water partition coefficient (Wildman–Crippen LogP) is 2.56. The van der Waals surface area contributed by atoms with Gasteiger partial charge in [-0.05, 0) is 55.3 Å². The molecule has 2 aromatic rings. The number of benzene rings is 1. The molecule has 0 saturated heterocycles. The Hall–Kier alpha value is -2.07. The van der Waals surface area contributed by atoms with Crippen molar-refractivity contribution in [3.05, 3.63) is 53.9 Å². The molecule has 0 radical (unpaired) electrons. The monoisotopic (exact) mass is 272 g/mol. The van der Waals surface area contributed by atoms with Crippen LogP contribution in [0.4, 0.5) is 0 Å². The maximum atomic E-state index is 5.82. The highest BCUT2D eigenvalue weighted by molar-refractivity contribution is 5.43. The van der Waals surface area contributed by atoms with Crippen molar-refractivity contribution in [1.82, 2.24) is 4.98 Å². The van der Waals surface area contributed by atoms with Crippen molar-refractivity contribution in [3.8, 4) is 11.5 Å². The van der Waals surface area contributed by atoms with E-state index in [4.69, 9.17) is 15.2 Å². The van der Waals surface area contributed by atoms with Crippen molar-refractivity contribution in [3.63, 3.8) is 0 Å². The molecule has 2 rings (SSSR count). The van der Waals surface area contributed by atoms with Gasteiger partial charge in [0, 0.05) is 12.4 Å². The molecule has 2 N–H and O–H groups in total. The van der Waals surface area contributed by atoms with E-state index in [1.165, 1.54) is 0 Å². The zero-order valence-corrected chi connectivity index (χ0v) is 11.7. The van der Waals surface area contributed by atoms with Gasteiger partial charge in [-0.1, -0.05) is 6.07 Å². The van der Waals surface area contributed by atoms with Gasteiger partial charge in [0.1, 0.15) is 6.61 Å². The number of nitrogens with zero attached hydrogens (tertiary/aromatic N) is 1. The summed E-state index contributed by atoms with van der Waals surface area (Å²) >= 11 is 0. The van der Waals surface area contributed by atoms with Crippen LogP contribution in [-0.2, 0) is 13.0 Å². The molecule has 0 aliphatic carbocycles. The van der Waals surface area contributed by atoms with Crippen LogP contribution in [0, 0.1) is 0 Å². The second-order valence-corrected chi connectivity index (χ2v) is 4.40. The van der Waals surface area contributed by atoms with Crippen molar-refractivity contribution in [2.24, 2.45) is 5.73 Å². The number of hydrogen-bond donors (Lipinski definition) is 1. The second-order valence-electron chi connectivity index (χ2n) is 4.40. The summed E-state index contributed by atoms with van der Waals surface area (Å²) in [5.41, 5.74) is 7.82. The van der Waals surface area contributed by atoms with E-state index in [1.807, 2.05) is 37.3 Å². The van der Waals surface area contributed by atoms with Gasteiger partial charge in [-0.15, -0.1) is 0 Å². The third-order valence-electron chi connectivity index (χ3n) is 2.88. The van der Waals surface area contributed by atoms with Gasteiger partial charge in [0.2, 0.25) is 0 Å². The summed E-state index contributed by atoms with van der Waals surface area (Å²) in [4.78, 5) is 3.99. The van der Waals surface area contributed by atoms with Gasteiger partial charge in [0.05, 0.1) is 6.61 Å². The highest BCUT2D eigenvalue weighted by Crippen LogP contribution is 2.29. The average Bonchev–Trinajstić information content (AvgIpc) is 2.48. The molecular weight excluding hydrogens is 252 g/mol. The van der Waals surface area contributed by atoms with E-state index in [1.54, 1.807) is 12.4 Å². The zero-order chi connectivity index (χ0) is 14.2. The normalized spacial score (nSPS) is 10.3. The Balaban J connectivity index is 2.09. The highest BCUT2D eigenvalue weighted by Gasteiger charge is 2.06. The average molecular weight is 272 g/mol. The van der Waals surface area contributed by atoms with E-state index in [-0.39, 0.29) is 0 Å². The quantitative estimate of drug-likeness (QED) is 0.841. The van der Waals surface area contributed by atoms with Gasteiger partial charge in [0.25, 0.3) is 0 Å². The SMILES string of the molecule is CCOc1cc(CCN)ccc1OCc1ccncc1. The van der Waals surface area contributed by atoms with Crippen molar-refractivity contribution in [1.29, 1.82) is 0 Å². The molecule has 4 nitrogen and oxygen atoms in total. The van der Waals surface area contributed by atoms with Crippen LogP contribution < -0.4 is 15.2 Å². The van der Waals surface area contributed by atoms with Gasteiger partial charge in [-0.25, -0.2) is 0 Å². The molecule has 0 spiro atoms. The first-order valence-corrected chi connectivity index (χ1v) is 6.81.